The lowest BCUT2D eigenvalue weighted by Crippen LogP contribution is -2.27. The van der Waals surface area contributed by atoms with E-state index in [1.807, 2.05) is 35.7 Å². The molecular weight excluding hydrogens is 414 g/mol. The van der Waals surface area contributed by atoms with Gasteiger partial charge in [0.15, 0.2) is 5.13 Å². The molecule has 3 rings (SSSR count). The largest absolute Gasteiger partial charge is 0.352 e. The summed E-state index contributed by atoms with van der Waals surface area (Å²) in [6.07, 6.45) is 0.183. The molecule has 2 amide bonds. The molecule has 0 radical (unpaired) electrons. The van der Waals surface area contributed by atoms with Gasteiger partial charge >= 0.3 is 0 Å². The first-order chi connectivity index (χ1) is 12.6. The Morgan fingerprint density at radius 1 is 1.04 bits per heavy atom. The highest BCUT2D eigenvalue weighted by atomic mass is 79.9. The van der Waals surface area contributed by atoms with Gasteiger partial charge in [0.25, 0.3) is 5.91 Å². The lowest BCUT2D eigenvalue weighted by molar-refractivity contribution is -0.116. The fourth-order valence-corrected chi connectivity index (χ4v) is 3.25. The van der Waals surface area contributed by atoms with Crippen molar-refractivity contribution in [3.63, 3.8) is 0 Å². The first kappa shape index (κ1) is 18.3. The number of anilines is 1. The van der Waals surface area contributed by atoms with Crippen molar-refractivity contribution >= 4 is 44.2 Å². The summed E-state index contributed by atoms with van der Waals surface area (Å²) in [5, 5.41) is 7.95. The Morgan fingerprint density at radius 3 is 2.50 bits per heavy atom. The molecule has 5 nitrogen and oxygen atoms in total. The van der Waals surface area contributed by atoms with Gasteiger partial charge in [-0.3, -0.25) is 9.59 Å². The molecule has 0 saturated carbocycles. The third-order valence-corrected chi connectivity index (χ3v) is 4.85. The molecule has 0 aliphatic rings. The third kappa shape index (κ3) is 5.00. The Hall–Kier alpha value is -2.51. The Kier molecular flexibility index (Phi) is 6.14. The zero-order valence-corrected chi connectivity index (χ0v) is 16.1. The van der Waals surface area contributed by atoms with E-state index in [1.165, 1.54) is 11.3 Å². The number of carbonyl (C=O) groups excluding carboxylic acids is 2. The fourth-order valence-electron chi connectivity index (χ4n) is 2.25. The van der Waals surface area contributed by atoms with Crippen LogP contribution < -0.4 is 10.6 Å². The molecule has 2 aromatic carbocycles. The first-order valence-electron chi connectivity index (χ1n) is 7.96. The highest BCUT2D eigenvalue weighted by molar-refractivity contribution is 9.10. The third-order valence-electron chi connectivity index (χ3n) is 3.56. The SMILES string of the molecule is O=C(CCNC(=O)c1ccc(Br)cc1)Nc1nc(-c2ccccc2)cs1. The van der Waals surface area contributed by atoms with Gasteiger partial charge in [-0.25, -0.2) is 4.98 Å². The molecule has 1 aromatic heterocycles. The van der Waals surface area contributed by atoms with Crippen molar-refractivity contribution in [2.45, 2.75) is 6.42 Å². The molecule has 26 heavy (non-hydrogen) atoms. The quantitative estimate of drug-likeness (QED) is 0.612. The minimum Gasteiger partial charge on any atom is -0.352 e. The number of halogens is 1. The number of benzene rings is 2. The summed E-state index contributed by atoms with van der Waals surface area (Å²) < 4.78 is 0.909. The van der Waals surface area contributed by atoms with Gasteiger partial charge in [-0.05, 0) is 24.3 Å². The molecule has 0 bridgehead atoms. The van der Waals surface area contributed by atoms with E-state index in [9.17, 15) is 9.59 Å². The number of rotatable bonds is 6. The van der Waals surface area contributed by atoms with Crippen LogP contribution in [0.5, 0.6) is 0 Å². The van der Waals surface area contributed by atoms with E-state index in [0.717, 1.165) is 15.7 Å². The highest BCUT2D eigenvalue weighted by Crippen LogP contribution is 2.24. The fraction of sp³-hybridized carbons (Fsp3) is 0.105. The van der Waals surface area contributed by atoms with Crippen LogP contribution in [-0.2, 0) is 4.79 Å². The normalized spacial score (nSPS) is 10.3. The molecule has 132 valence electrons. The molecule has 7 heteroatoms. The van der Waals surface area contributed by atoms with Gasteiger partial charge in [-0.1, -0.05) is 46.3 Å². The number of thiazole rings is 1. The predicted molar refractivity (Wildman–Crippen MR) is 107 cm³/mol. The molecule has 1 heterocycles. The summed E-state index contributed by atoms with van der Waals surface area (Å²) in [6, 6.07) is 16.8. The van der Waals surface area contributed by atoms with Gasteiger partial charge in [-0.2, -0.15) is 0 Å². The summed E-state index contributed by atoms with van der Waals surface area (Å²) in [5.74, 6) is -0.388. The van der Waals surface area contributed by atoms with Crippen LogP contribution in [0.4, 0.5) is 5.13 Å². The number of carbonyl (C=O) groups is 2. The molecule has 0 unspecified atom stereocenters. The van der Waals surface area contributed by atoms with Crippen LogP contribution in [-0.4, -0.2) is 23.3 Å². The number of hydrogen-bond donors (Lipinski definition) is 2. The van der Waals surface area contributed by atoms with Crippen molar-refractivity contribution < 1.29 is 9.59 Å². The lowest BCUT2D eigenvalue weighted by atomic mass is 10.2. The number of hydrogen-bond acceptors (Lipinski definition) is 4. The number of nitrogens with zero attached hydrogens (tertiary/aromatic N) is 1. The van der Waals surface area contributed by atoms with E-state index in [0.29, 0.717) is 10.7 Å². The topological polar surface area (TPSA) is 71.1 Å². The van der Waals surface area contributed by atoms with Gasteiger partial charge < -0.3 is 10.6 Å². The second-order valence-corrected chi connectivity index (χ2v) is 7.24. The summed E-state index contributed by atoms with van der Waals surface area (Å²) in [5.41, 5.74) is 2.39. The highest BCUT2D eigenvalue weighted by Gasteiger charge is 2.09. The van der Waals surface area contributed by atoms with E-state index in [4.69, 9.17) is 0 Å². The minimum absolute atomic E-state index is 0.183. The molecule has 0 atom stereocenters. The van der Waals surface area contributed by atoms with Gasteiger partial charge in [0, 0.05) is 33.9 Å². The maximum Gasteiger partial charge on any atom is 0.251 e. The molecule has 2 N–H and O–H groups in total. The summed E-state index contributed by atoms with van der Waals surface area (Å²) in [6.45, 7) is 0.262. The van der Waals surface area contributed by atoms with Crippen LogP contribution in [0.15, 0.2) is 64.5 Å². The van der Waals surface area contributed by atoms with E-state index in [2.05, 4.69) is 31.5 Å². The Bertz CT molecular complexity index is 895. The summed E-state index contributed by atoms with van der Waals surface area (Å²) in [7, 11) is 0. The average molecular weight is 430 g/mol. The van der Waals surface area contributed by atoms with Crippen molar-refractivity contribution in [2.24, 2.45) is 0 Å². The van der Waals surface area contributed by atoms with Crippen molar-refractivity contribution in [1.29, 1.82) is 0 Å². The molecule has 0 spiro atoms. The van der Waals surface area contributed by atoms with Crippen molar-refractivity contribution in [1.82, 2.24) is 10.3 Å². The van der Waals surface area contributed by atoms with Crippen LogP contribution in [0.25, 0.3) is 11.3 Å². The van der Waals surface area contributed by atoms with E-state index in [-0.39, 0.29) is 24.8 Å². The molecule has 0 aliphatic carbocycles. The van der Waals surface area contributed by atoms with Crippen LogP contribution >= 0.6 is 27.3 Å². The predicted octanol–water partition coefficient (Wildman–Crippen LogP) is 4.33. The van der Waals surface area contributed by atoms with Gasteiger partial charge in [0.2, 0.25) is 5.91 Å². The van der Waals surface area contributed by atoms with Crippen molar-refractivity contribution in [3.8, 4) is 11.3 Å². The molecule has 0 saturated heterocycles. The Morgan fingerprint density at radius 2 is 1.77 bits per heavy atom. The van der Waals surface area contributed by atoms with Gasteiger partial charge in [0.05, 0.1) is 5.69 Å². The molecule has 0 fully saturated rings. The Balaban J connectivity index is 1.46. The summed E-state index contributed by atoms with van der Waals surface area (Å²) >= 11 is 4.70. The zero-order chi connectivity index (χ0) is 18.4. The van der Waals surface area contributed by atoms with E-state index in [1.54, 1.807) is 24.3 Å². The lowest BCUT2D eigenvalue weighted by Gasteiger charge is -2.05. The van der Waals surface area contributed by atoms with E-state index < -0.39 is 0 Å². The maximum absolute atomic E-state index is 12.0. The second kappa shape index (κ2) is 8.73. The van der Waals surface area contributed by atoms with Crippen molar-refractivity contribution in [2.75, 3.05) is 11.9 Å². The molecule has 3 aromatic rings. The minimum atomic E-state index is -0.203. The first-order valence-corrected chi connectivity index (χ1v) is 9.63. The monoisotopic (exact) mass is 429 g/mol. The number of amides is 2. The van der Waals surface area contributed by atoms with Gasteiger partial charge in [0.1, 0.15) is 0 Å². The van der Waals surface area contributed by atoms with E-state index >= 15 is 0 Å². The van der Waals surface area contributed by atoms with Crippen LogP contribution in [0, 0.1) is 0 Å². The molecule has 0 aliphatic heterocycles. The molecular formula is C19H16BrN3O2S. The van der Waals surface area contributed by atoms with Crippen molar-refractivity contribution in [3.05, 3.63) is 70.0 Å². The standard InChI is InChI=1S/C19H16BrN3O2S/c20-15-8-6-14(7-9-15)18(25)21-11-10-17(24)23-19-22-16(12-26-19)13-4-2-1-3-5-13/h1-9,12H,10-11H2,(H,21,25)(H,22,23,24). The number of aromatic nitrogens is 1. The maximum atomic E-state index is 12.0. The van der Waals surface area contributed by atoms with Crippen LogP contribution in [0.1, 0.15) is 16.8 Å². The number of nitrogens with one attached hydrogen (secondary N) is 2. The van der Waals surface area contributed by atoms with Crippen LogP contribution in [0.2, 0.25) is 0 Å². The average Bonchev–Trinajstić information content (AvgIpc) is 3.11. The van der Waals surface area contributed by atoms with Gasteiger partial charge in [-0.15, -0.1) is 11.3 Å². The smallest absolute Gasteiger partial charge is 0.251 e. The van der Waals surface area contributed by atoms with Crippen LogP contribution in [0.3, 0.4) is 0 Å². The second-order valence-electron chi connectivity index (χ2n) is 5.46. The zero-order valence-electron chi connectivity index (χ0n) is 13.7. The Labute approximate surface area is 163 Å². The summed E-state index contributed by atoms with van der Waals surface area (Å²) in [4.78, 5) is 28.4.